The van der Waals surface area contributed by atoms with Gasteiger partial charge in [-0.1, -0.05) is 13.0 Å². The van der Waals surface area contributed by atoms with Crippen molar-refractivity contribution in [1.29, 1.82) is 0 Å². The van der Waals surface area contributed by atoms with E-state index in [2.05, 4.69) is 36.8 Å². The maximum Gasteiger partial charge on any atom is 0.250 e. The van der Waals surface area contributed by atoms with Gasteiger partial charge >= 0.3 is 0 Å². The van der Waals surface area contributed by atoms with Gasteiger partial charge in [-0.15, -0.1) is 0 Å². The second-order valence-electron chi connectivity index (χ2n) is 6.83. The van der Waals surface area contributed by atoms with Crippen molar-refractivity contribution in [3.63, 3.8) is 0 Å². The van der Waals surface area contributed by atoms with E-state index in [1.165, 1.54) is 25.1 Å². The molecule has 3 rings (SSSR count). The van der Waals surface area contributed by atoms with E-state index < -0.39 is 0 Å². The zero-order valence-electron chi connectivity index (χ0n) is 13.5. The number of aromatic nitrogens is 1. The Labute approximate surface area is 127 Å². The second kappa shape index (κ2) is 5.93. The van der Waals surface area contributed by atoms with Gasteiger partial charge in [-0.3, -0.25) is 14.6 Å². The lowest BCUT2D eigenvalue weighted by molar-refractivity contribution is -0.0835. The fourth-order valence-electron chi connectivity index (χ4n) is 3.70. The number of rotatable bonds is 5. The highest BCUT2D eigenvalue weighted by Gasteiger charge is 2.44. The van der Waals surface area contributed by atoms with Crippen molar-refractivity contribution in [1.82, 2.24) is 14.4 Å². The minimum absolute atomic E-state index is 0.121. The van der Waals surface area contributed by atoms with Crippen molar-refractivity contribution in [3.05, 3.63) is 34.2 Å². The Kier molecular flexibility index (Phi) is 4.18. The van der Waals surface area contributed by atoms with Gasteiger partial charge in [-0.25, -0.2) is 0 Å². The van der Waals surface area contributed by atoms with Crippen molar-refractivity contribution in [2.24, 2.45) is 0 Å². The van der Waals surface area contributed by atoms with Crippen molar-refractivity contribution in [2.45, 2.75) is 64.8 Å². The molecule has 2 atom stereocenters. The Balaban J connectivity index is 1.66. The van der Waals surface area contributed by atoms with E-state index >= 15 is 0 Å². The molecule has 0 radical (unpaired) electrons. The summed E-state index contributed by atoms with van der Waals surface area (Å²) < 4.78 is 1.85. The van der Waals surface area contributed by atoms with Crippen LogP contribution in [0.2, 0.25) is 0 Å². The summed E-state index contributed by atoms with van der Waals surface area (Å²) in [5, 5.41) is 0. The Morgan fingerprint density at radius 1 is 1.24 bits per heavy atom. The van der Waals surface area contributed by atoms with E-state index in [0.29, 0.717) is 18.1 Å². The van der Waals surface area contributed by atoms with E-state index in [0.717, 1.165) is 19.5 Å². The molecule has 116 valence electrons. The lowest BCUT2D eigenvalue weighted by Crippen LogP contribution is -2.68. The molecule has 2 fully saturated rings. The monoisotopic (exact) mass is 289 g/mol. The fraction of sp³-hybridized carbons (Fsp3) is 0.706. The van der Waals surface area contributed by atoms with Gasteiger partial charge in [0.25, 0.3) is 5.56 Å². The van der Waals surface area contributed by atoms with Crippen LogP contribution < -0.4 is 5.56 Å². The van der Waals surface area contributed by atoms with Gasteiger partial charge in [-0.2, -0.15) is 0 Å². The van der Waals surface area contributed by atoms with Crippen LogP contribution >= 0.6 is 0 Å². The summed E-state index contributed by atoms with van der Waals surface area (Å²) in [4.78, 5) is 17.0. The van der Waals surface area contributed by atoms with Crippen LogP contribution in [0.15, 0.2) is 23.1 Å². The average Bonchev–Trinajstić information content (AvgIpc) is 2.48. The number of hydrogen-bond donors (Lipinski definition) is 0. The van der Waals surface area contributed by atoms with E-state index in [1.807, 2.05) is 10.6 Å². The summed E-state index contributed by atoms with van der Waals surface area (Å²) >= 11 is 0. The average molecular weight is 289 g/mol. The summed E-state index contributed by atoms with van der Waals surface area (Å²) in [5.41, 5.74) is 1.39. The Hall–Kier alpha value is -1.13. The number of hydrogen-bond acceptors (Lipinski definition) is 3. The molecule has 21 heavy (non-hydrogen) atoms. The number of pyridine rings is 1. The van der Waals surface area contributed by atoms with E-state index in [1.54, 1.807) is 6.07 Å². The summed E-state index contributed by atoms with van der Waals surface area (Å²) in [6, 6.07) is 5.79. The molecule has 3 heterocycles. The van der Waals surface area contributed by atoms with Gasteiger partial charge in [0.2, 0.25) is 0 Å². The molecule has 1 aromatic rings. The molecular weight excluding hydrogens is 262 g/mol. The summed E-state index contributed by atoms with van der Waals surface area (Å²) in [7, 11) is 0. The lowest BCUT2D eigenvalue weighted by Gasteiger charge is -2.57. The third-order valence-corrected chi connectivity index (χ3v) is 4.98. The number of piperazine rings is 1. The smallest absolute Gasteiger partial charge is 0.250 e. The SMILES string of the molecule is CCCn1cc(CN2C3CC2CN(C(C)C)C3)ccc1=O. The molecule has 0 aromatic carbocycles. The maximum atomic E-state index is 11.8. The molecule has 2 bridgehead atoms. The first-order chi connectivity index (χ1) is 10.1. The molecule has 0 spiro atoms. The molecular formula is C17H27N3O. The van der Waals surface area contributed by atoms with Crippen LogP contribution in [0.1, 0.15) is 39.2 Å². The topological polar surface area (TPSA) is 28.5 Å². The number of fused-ring (bicyclic) bond motifs is 2. The molecule has 0 saturated carbocycles. The fourth-order valence-corrected chi connectivity index (χ4v) is 3.70. The van der Waals surface area contributed by atoms with Crippen LogP contribution in [0.25, 0.3) is 0 Å². The normalized spacial score (nSPS) is 26.1. The van der Waals surface area contributed by atoms with Crippen LogP contribution in [-0.4, -0.2) is 45.6 Å². The summed E-state index contributed by atoms with van der Waals surface area (Å²) in [5.74, 6) is 0. The zero-order valence-corrected chi connectivity index (χ0v) is 13.5. The second-order valence-corrected chi connectivity index (χ2v) is 6.83. The van der Waals surface area contributed by atoms with E-state index in [4.69, 9.17) is 0 Å². The largest absolute Gasteiger partial charge is 0.315 e. The lowest BCUT2D eigenvalue weighted by atomic mass is 9.86. The van der Waals surface area contributed by atoms with Crippen molar-refractivity contribution in [3.8, 4) is 0 Å². The van der Waals surface area contributed by atoms with Crippen molar-refractivity contribution < 1.29 is 0 Å². The van der Waals surface area contributed by atoms with Gasteiger partial charge < -0.3 is 4.57 Å². The number of likely N-dealkylation sites (tertiary alicyclic amines) is 2. The Bertz CT molecular complexity index is 539. The Morgan fingerprint density at radius 2 is 1.95 bits per heavy atom. The van der Waals surface area contributed by atoms with Crippen molar-refractivity contribution >= 4 is 0 Å². The highest BCUT2D eigenvalue weighted by atomic mass is 16.1. The van der Waals surface area contributed by atoms with Gasteiger partial charge in [0.15, 0.2) is 0 Å². The van der Waals surface area contributed by atoms with Crippen LogP contribution in [0.3, 0.4) is 0 Å². The third-order valence-electron chi connectivity index (χ3n) is 4.98. The molecule has 4 heteroatoms. The molecule has 0 N–H and O–H groups in total. The van der Waals surface area contributed by atoms with Crippen LogP contribution in [0, 0.1) is 0 Å². The minimum Gasteiger partial charge on any atom is -0.315 e. The van der Waals surface area contributed by atoms with E-state index in [9.17, 15) is 4.79 Å². The highest BCUT2D eigenvalue weighted by molar-refractivity contribution is 5.13. The van der Waals surface area contributed by atoms with Gasteiger partial charge in [0, 0.05) is 56.6 Å². The van der Waals surface area contributed by atoms with Crippen molar-refractivity contribution in [2.75, 3.05) is 13.1 Å². The molecule has 2 aliphatic rings. The maximum absolute atomic E-state index is 11.8. The first-order valence-corrected chi connectivity index (χ1v) is 8.27. The molecule has 0 aliphatic carbocycles. The predicted octanol–water partition coefficient (Wildman–Crippen LogP) is 1.93. The summed E-state index contributed by atoms with van der Waals surface area (Å²) in [6.07, 6.45) is 4.40. The molecule has 0 amide bonds. The van der Waals surface area contributed by atoms with Crippen LogP contribution in [0.5, 0.6) is 0 Å². The number of aryl methyl sites for hydroxylation is 1. The molecule has 1 aromatic heterocycles. The van der Waals surface area contributed by atoms with Crippen LogP contribution in [-0.2, 0) is 13.1 Å². The first-order valence-electron chi connectivity index (χ1n) is 8.27. The van der Waals surface area contributed by atoms with Crippen LogP contribution in [0.4, 0.5) is 0 Å². The molecule has 2 saturated heterocycles. The molecule has 2 aliphatic heterocycles. The standard InChI is InChI=1S/C17H27N3O/c1-4-7-18-9-14(5-6-17(18)21)10-20-15-8-16(20)12-19(11-15)13(2)3/h5-6,9,13,15-16H,4,7-8,10-12H2,1-3H3. The Morgan fingerprint density at radius 3 is 2.57 bits per heavy atom. The van der Waals surface area contributed by atoms with Gasteiger partial charge in [-0.05, 0) is 32.3 Å². The van der Waals surface area contributed by atoms with Gasteiger partial charge in [0.05, 0.1) is 0 Å². The van der Waals surface area contributed by atoms with Gasteiger partial charge in [0.1, 0.15) is 0 Å². The predicted molar refractivity (Wildman–Crippen MR) is 85.4 cm³/mol. The number of nitrogens with zero attached hydrogens (tertiary/aromatic N) is 3. The summed E-state index contributed by atoms with van der Waals surface area (Å²) in [6.45, 7) is 10.9. The first kappa shape index (κ1) is 14.8. The van der Waals surface area contributed by atoms with E-state index in [-0.39, 0.29) is 5.56 Å². The molecule has 2 unspecified atom stereocenters. The third kappa shape index (κ3) is 2.92. The zero-order chi connectivity index (χ0) is 15.0. The quantitative estimate of drug-likeness (QED) is 0.829. The number of piperidine rings is 1. The minimum atomic E-state index is 0.121. The highest BCUT2D eigenvalue weighted by Crippen LogP contribution is 2.34. The molecule has 4 nitrogen and oxygen atoms in total.